The zero-order valence-electron chi connectivity index (χ0n) is 13.8. The smallest absolute Gasteiger partial charge is 0.336 e. The van der Waals surface area contributed by atoms with Crippen molar-refractivity contribution in [2.45, 2.75) is 32.6 Å². The van der Waals surface area contributed by atoms with Gasteiger partial charge in [0.2, 0.25) is 0 Å². The Balaban J connectivity index is 1.85. The first-order valence-corrected chi connectivity index (χ1v) is 8.62. The van der Waals surface area contributed by atoms with E-state index in [0.717, 1.165) is 39.1 Å². The van der Waals surface area contributed by atoms with Crippen molar-refractivity contribution >= 4 is 32.5 Å². The van der Waals surface area contributed by atoms with Gasteiger partial charge in [-0.25, -0.2) is 4.79 Å². The van der Waals surface area contributed by atoms with E-state index in [0.29, 0.717) is 12.2 Å². The lowest BCUT2D eigenvalue weighted by molar-refractivity contribution is 0.309. The maximum Gasteiger partial charge on any atom is 0.336 e. The fourth-order valence-corrected chi connectivity index (χ4v) is 3.44. The second-order valence-corrected chi connectivity index (χ2v) is 6.28. The highest BCUT2D eigenvalue weighted by Crippen LogP contribution is 2.38. The van der Waals surface area contributed by atoms with Crippen LogP contribution in [-0.4, -0.2) is 6.61 Å². The molecule has 3 aromatic carbocycles. The second kappa shape index (κ2) is 6.16. The SMILES string of the molecule is CCCCCCOc1cc2cc(=O)oc3ccc4cccc1c4c23. The van der Waals surface area contributed by atoms with E-state index in [4.69, 9.17) is 9.15 Å². The van der Waals surface area contributed by atoms with Crippen LogP contribution in [-0.2, 0) is 0 Å². The van der Waals surface area contributed by atoms with E-state index in [-0.39, 0.29) is 5.63 Å². The van der Waals surface area contributed by atoms with Gasteiger partial charge >= 0.3 is 5.63 Å². The molecular formula is C21H20O3. The highest BCUT2D eigenvalue weighted by atomic mass is 16.5. The summed E-state index contributed by atoms with van der Waals surface area (Å²) in [5, 5.41) is 5.21. The number of benzene rings is 3. The molecule has 0 N–H and O–H groups in total. The summed E-state index contributed by atoms with van der Waals surface area (Å²) in [5.41, 5.74) is 0.311. The van der Waals surface area contributed by atoms with Gasteiger partial charge in [0, 0.05) is 22.2 Å². The molecule has 1 aromatic heterocycles. The van der Waals surface area contributed by atoms with Crippen molar-refractivity contribution in [1.29, 1.82) is 0 Å². The Bertz CT molecular complexity index is 1050. The number of rotatable bonds is 6. The van der Waals surface area contributed by atoms with Crippen LogP contribution in [0.4, 0.5) is 0 Å². The lowest BCUT2D eigenvalue weighted by Gasteiger charge is -2.14. The van der Waals surface area contributed by atoms with E-state index in [1.165, 1.54) is 19.3 Å². The first-order chi connectivity index (χ1) is 11.8. The first-order valence-electron chi connectivity index (χ1n) is 8.62. The van der Waals surface area contributed by atoms with E-state index in [1.54, 1.807) is 6.07 Å². The molecule has 0 aliphatic rings. The van der Waals surface area contributed by atoms with E-state index in [9.17, 15) is 4.79 Å². The summed E-state index contributed by atoms with van der Waals surface area (Å²) in [6, 6.07) is 13.6. The molecule has 0 aliphatic heterocycles. The summed E-state index contributed by atoms with van der Waals surface area (Å²) >= 11 is 0. The van der Waals surface area contributed by atoms with Crippen LogP contribution < -0.4 is 10.4 Å². The first kappa shape index (κ1) is 15.0. The van der Waals surface area contributed by atoms with E-state index < -0.39 is 0 Å². The van der Waals surface area contributed by atoms with E-state index in [2.05, 4.69) is 19.1 Å². The van der Waals surface area contributed by atoms with Gasteiger partial charge in [-0.05, 0) is 29.3 Å². The Morgan fingerprint density at radius 3 is 2.75 bits per heavy atom. The molecule has 4 aromatic rings. The van der Waals surface area contributed by atoms with Crippen LogP contribution in [0.25, 0.3) is 32.5 Å². The number of unbranched alkanes of at least 4 members (excludes halogenated alkanes) is 3. The molecule has 0 atom stereocenters. The minimum Gasteiger partial charge on any atom is -0.493 e. The molecule has 122 valence electrons. The van der Waals surface area contributed by atoms with Gasteiger partial charge in [-0.1, -0.05) is 50.5 Å². The standard InChI is InChI=1S/C21H20O3/c1-2-3-4-5-11-23-18-12-15-13-19(22)24-17-10-9-14-7-6-8-16(18)20(14)21(15)17/h6-10,12-13H,2-5,11H2,1H3. The maximum atomic E-state index is 11.8. The third-order valence-electron chi connectivity index (χ3n) is 4.59. The van der Waals surface area contributed by atoms with Crippen LogP contribution in [0.15, 0.2) is 51.7 Å². The lowest BCUT2D eigenvalue weighted by Crippen LogP contribution is -2.01. The van der Waals surface area contributed by atoms with E-state index in [1.807, 2.05) is 24.3 Å². The molecule has 4 rings (SSSR count). The van der Waals surface area contributed by atoms with Gasteiger partial charge in [-0.2, -0.15) is 0 Å². The fourth-order valence-electron chi connectivity index (χ4n) is 3.44. The molecule has 0 fully saturated rings. The Hall–Kier alpha value is -2.55. The molecule has 0 amide bonds. The molecule has 0 saturated carbocycles. The molecule has 0 spiro atoms. The molecule has 3 nitrogen and oxygen atoms in total. The summed E-state index contributed by atoms with van der Waals surface area (Å²) in [7, 11) is 0. The zero-order valence-corrected chi connectivity index (χ0v) is 13.8. The number of hydrogen-bond acceptors (Lipinski definition) is 3. The van der Waals surface area contributed by atoms with Crippen molar-refractivity contribution in [3.8, 4) is 5.75 Å². The molecule has 0 radical (unpaired) electrons. The predicted molar refractivity (Wildman–Crippen MR) is 98.3 cm³/mol. The quantitative estimate of drug-likeness (QED) is 0.268. The molecule has 0 aliphatic carbocycles. The third-order valence-corrected chi connectivity index (χ3v) is 4.59. The topological polar surface area (TPSA) is 39.4 Å². The zero-order chi connectivity index (χ0) is 16.5. The number of hydrogen-bond donors (Lipinski definition) is 0. The minimum absolute atomic E-state index is 0.324. The molecule has 3 heteroatoms. The number of ether oxygens (including phenoxy) is 1. The van der Waals surface area contributed by atoms with Crippen molar-refractivity contribution < 1.29 is 9.15 Å². The van der Waals surface area contributed by atoms with Gasteiger partial charge in [-0.15, -0.1) is 0 Å². The average molecular weight is 320 g/mol. The van der Waals surface area contributed by atoms with Crippen molar-refractivity contribution in [2.24, 2.45) is 0 Å². The van der Waals surface area contributed by atoms with Gasteiger partial charge in [0.05, 0.1) is 6.61 Å². The van der Waals surface area contributed by atoms with Crippen LogP contribution in [0.2, 0.25) is 0 Å². The Morgan fingerprint density at radius 1 is 0.958 bits per heavy atom. The van der Waals surface area contributed by atoms with Gasteiger partial charge in [0.1, 0.15) is 11.3 Å². The van der Waals surface area contributed by atoms with Crippen LogP contribution >= 0.6 is 0 Å². The summed E-state index contributed by atoms with van der Waals surface area (Å²) in [6.07, 6.45) is 4.69. The van der Waals surface area contributed by atoms with Crippen LogP contribution in [0, 0.1) is 0 Å². The molecule has 24 heavy (non-hydrogen) atoms. The molecule has 1 heterocycles. The molecule has 0 unspecified atom stereocenters. The van der Waals surface area contributed by atoms with Gasteiger partial charge in [0.25, 0.3) is 0 Å². The Labute approximate surface area is 140 Å². The summed E-state index contributed by atoms with van der Waals surface area (Å²) in [4.78, 5) is 11.8. The van der Waals surface area contributed by atoms with Crippen molar-refractivity contribution in [3.05, 3.63) is 52.9 Å². The maximum absolute atomic E-state index is 11.8. The Kier molecular flexibility index (Phi) is 3.85. The average Bonchev–Trinajstić information content (AvgIpc) is 2.59. The molecular weight excluding hydrogens is 300 g/mol. The van der Waals surface area contributed by atoms with Gasteiger partial charge in [0.15, 0.2) is 0 Å². The van der Waals surface area contributed by atoms with Crippen molar-refractivity contribution in [3.63, 3.8) is 0 Å². The Morgan fingerprint density at radius 2 is 1.88 bits per heavy atom. The summed E-state index contributed by atoms with van der Waals surface area (Å²) in [6.45, 7) is 2.91. The van der Waals surface area contributed by atoms with Gasteiger partial charge in [-0.3, -0.25) is 0 Å². The third kappa shape index (κ3) is 2.50. The highest BCUT2D eigenvalue weighted by molar-refractivity contribution is 6.23. The fraction of sp³-hybridized carbons (Fsp3) is 0.286. The lowest BCUT2D eigenvalue weighted by atomic mass is 9.97. The molecule has 0 saturated heterocycles. The van der Waals surface area contributed by atoms with Crippen molar-refractivity contribution in [2.75, 3.05) is 6.61 Å². The highest BCUT2D eigenvalue weighted by Gasteiger charge is 2.14. The van der Waals surface area contributed by atoms with Crippen LogP contribution in [0.1, 0.15) is 32.6 Å². The van der Waals surface area contributed by atoms with Crippen LogP contribution in [0.3, 0.4) is 0 Å². The molecule has 0 bridgehead atoms. The summed E-state index contributed by atoms with van der Waals surface area (Å²) in [5.74, 6) is 0.850. The van der Waals surface area contributed by atoms with Crippen molar-refractivity contribution in [1.82, 2.24) is 0 Å². The normalized spacial score (nSPS) is 11.7. The minimum atomic E-state index is -0.324. The monoisotopic (exact) mass is 320 g/mol. The van der Waals surface area contributed by atoms with E-state index >= 15 is 0 Å². The summed E-state index contributed by atoms with van der Waals surface area (Å²) < 4.78 is 11.5. The van der Waals surface area contributed by atoms with Crippen LogP contribution in [0.5, 0.6) is 5.75 Å². The predicted octanol–water partition coefficient (Wildman–Crippen LogP) is 5.50. The van der Waals surface area contributed by atoms with Gasteiger partial charge < -0.3 is 9.15 Å². The largest absolute Gasteiger partial charge is 0.493 e. The second-order valence-electron chi connectivity index (χ2n) is 6.28.